The zero-order valence-electron chi connectivity index (χ0n) is 8.29. The van der Waals surface area contributed by atoms with Gasteiger partial charge in [-0.25, -0.2) is 0 Å². The number of nitrogens with one attached hydrogen (secondary N) is 1. The van der Waals surface area contributed by atoms with Gasteiger partial charge in [0.2, 0.25) is 0 Å². The Hall–Kier alpha value is -1.02. The van der Waals surface area contributed by atoms with Crippen LogP contribution in [0.4, 0.5) is 5.69 Å². The fourth-order valence-electron chi connectivity index (χ4n) is 2.34. The molecular weight excluding hydrogens is 172 g/mol. The number of hydrogen-bond donors (Lipinski definition) is 2. The third kappa shape index (κ3) is 1.22. The maximum atomic E-state index is 6.10. The van der Waals surface area contributed by atoms with Crippen LogP contribution in [0, 0.1) is 0 Å². The minimum atomic E-state index is 0.241. The van der Waals surface area contributed by atoms with Crippen molar-refractivity contribution in [2.75, 3.05) is 11.9 Å². The number of fused-ring (bicyclic) bond motifs is 1. The summed E-state index contributed by atoms with van der Waals surface area (Å²) in [5, 5.41) is 3.50. The smallest absolute Gasteiger partial charge is 0.0424 e. The normalized spacial score (nSPS) is 25.4. The molecule has 3 N–H and O–H groups in total. The Morgan fingerprint density at radius 1 is 1.14 bits per heavy atom. The van der Waals surface area contributed by atoms with E-state index in [4.69, 9.17) is 5.73 Å². The predicted octanol–water partition coefficient (Wildman–Crippen LogP) is 2.38. The van der Waals surface area contributed by atoms with Crippen LogP contribution in [-0.4, -0.2) is 6.54 Å². The minimum absolute atomic E-state index is 0.241. The van der Waals surface area contributed by atoms with Crippen LogP contribution >= 0.6 is 0 Å². The van der Waals surface area contributed by atoms with Crippen molar-refractivity contribution in [1.29, 1.82) is 0 Å². The highest BCUT2D eigenvalue weighted by Gasteiger charge is 2.29. The Bertz CT molecular complexity index is 341. The Morgan fingerprint density at radius 3 is 2.71 bits per heavy atom. The van der Waals surface area contributed by atoms with E-state index in [1.807, 2.05) is 0 Å². The molecule has 0 bridgehead atoms. The van der Waals surface area contributed by atoms with Crippen molar-refractivity contribution in [2.24, 2.45) is 5.73 Å². The average Bonchev–Trinajstić information content (AvgIpc) is 3.01. The van der Waals surface area contributed by atoms with Gasteiger partial charge in [-0.05, 0) is 36.3 Å². The van der Waals surface area contributed by atoms with Crippen LogP contribution in [0.1, 0.15) is 42.3 Å². The van der Waals surface area contributed by atoms with E-state index in [1.165, 1.54) is 29.7 Å². The Morgan fingerprint density at radius 2 is 1.93 bits per heavy atom. The standard InChI is InChI=1S/C12H16N2/c13-11-6-7-14-12-9(8-4-5-8)2-1-3-10(11)12/h1-3,8,11,14H,4-7,13H2. The Balaban J connectivity index is 2.09. The molecule has 74 valence electrons. The first-order valence-electron chi connectivity index (χ1n) is 5.48. The Labute approximate surface area is 84.5 Å². The van der Waals surface area contributed by atoms with Crippen LogP contribution in [0.25, 0.3) is 0 Å². The van der Waals surface area contributed by atoms with Crippen molar-refractivity contribution in [3.8, 4) is 0 Å². The molecular formula is C12H16N2. The lowest BCUT2D eigenvalue weighted by atomic mass is 9.94. The highest BCUT2D eigenvalue weighted by atomic mass is 14.9. The number of hydrogen-bond acceptors (Lipinski definition) is 2. The van der Waals surface area contributed by atoms with Crippen molar-refractivity contribution in [2.45, 2.75) is 31.2 Å². The first-order valence-corrected chi connectivity index (χ1v) is 5.48. The molecule has 0 saturated heterocycles. The summed E-state index contributed by atoms with van der Waals surface area (Å²) in [5.41, 5.74) is 10.3. The molecule has 1 unspecified atom stereocenters. The van der Waals surface area contributed by atoms with E-state index in [0.717, 1.165) is 18.9 Å². The maximum Gasteiger partial charge on any atom is 0.0424 e. The number of benzene rings is 1. The monoisotopic (exact) mass is 188 g/mol. The van der Waals surface area contributed by atoms with Gasteiger partial charge in [0.05, 0.1) is 0 Å². The molecule has 1 fully saturated rings. The molecule has 1 atom stereocenters. The number of nitrogens with two attached hydrogens (primary N) is 1. The van der Waals surface area contributed by atoms with Crippen LogP contribution < -0.4 is 11.1 Å². The summed E-state index contributed by atoms with van der Waals surface area (Å²) in [6, 6.07) is 6.81. The van der Waals surface area contributed by atoms with E-state index in [2.05, 4.69) is 23.5 Å². The molecule has 0 radical (unpaired) electrons. The summed E-state index contributed by atoms with van der Waals surface area (Å²) >= 11 is 0. The molecule has 1 heterocycles. The molecule has 3 rings (SSSR count). The quantitative estimate of drug-likeness (QED) is 0.710. The molecule has 0 aromatic heterocycles. The van der Waals surface area contributed by atoms with E-state index >= 15 is 0 Å². The summed E-state index contributed by atoms with van der Waals surface area (Å²) in [6.07, 6.45) is 3.77. The fraction of sp³-hybridized carbons (Fsp3) is 0.500. The lowest BCUT2D eigenvalue weighted by Crippen LogP contribution is -2.23. The second kappa shape index (κ2) is 2.99. The minimum Gasteiger partial charge on any atom is -0.384 e. The highest BCUT2D eigenvalue weighted by molar-refractivity contribution is 5.62. The molecule has 0 spiro atoms. The largest absolute Gasteiger partial charge is 0.384 e. The third-order valence-corrected chi connectivity index (χ3v) is 3.30. The zero-order valence-corrected chi connectivity index (χ0v) is 8.29. The van der Waals surface area contributed by atoms with Gasteiger partial charge in [-0.2, -0.15) is 0 Å². The highest BCUT2D eigenvalue weighted by Crippen LogP contribution is 2.46. The predicted molar refractivity (Wildman–Crippen MR) is 58.5 cm³/mol. The average molecular weight is 188 g/mol. The number of rotatable bonds is 1. The van der Waals surface area contributed by atoms with Gasteiger partial charge in [-0.1, -0.05) is 18.2 Å². The number of para-hydroxylation sites is 1. The van der Waals surface area contributed by atoms with E-state index in [1.54, 1.807) is 0 Å². The molecule has 1 saturated carbocycles. The van der Waals surface area contributed by atoms with Gasteiger partial charge in [-0.3, -0.25) is 0 Å². The molecule has 1 aliphatic carbocycles. The van der Waals surface area contributed by atoms with Crippen molar-refractivity contribution in [1.82, 2.24) is 0 Å². The molecule has 2 heteroatoms. The van der Waals surface area contributed by atoms with E-state index in [9.17, 15) is 0 Å². The van der Waals surface area contributed by atoms with Gasteiger partial charge in [0.1, 0.15) is 0 Å². The second-order valence-corrected chi connectivity index (χ2v) is 4.41. The summed E-state index contributed by atoms with van der Waals surface area (Å²) in [5.74, 6) is 0.808. The third-order valence-electron chi connectivity index (χ3n) is 3.30. The van der Waals surface area contributed by atoms with E-state index in [-0.39, 0.29) is 6.04 Å². The molecule has 1 aromatic carbocycles. The van der Waals surface area contributed by atoms with Gasteiger partial charge in [-0.15, -0.1) is 0 Å². The summed E-state index contributed by atoms with van der Waals surface area (Å²) in [6.45, 7) is 1.03. The van der Waals surface area contributed by atoms with Gasteiger partial charge in [0, 0.05) is 18.3 Å². The maximum absolute atomic E-state index is 6.10. The summed E-state index contributed by atoms with van der Waals surface area (Å²) in [4.78, 5) is 0. The van der Waals surface area contributed by atoms with Gasteiger partial charge in [0.25, 0.3) is 0 Å². The topological polar surface area (TPSA) is 38.0 Å². The molecule has 1 aliphatic heterocycles. The van der Waals surface area contributed by atoms with Crippen molar-refractivity contribution in [3.63, 3.8) is 0 Å². The van der Waals surface area contributed by atoms with E-state index < -0.39 is 0 Å². The van der Waals surface area contributed by atoms with Gasteiger partial charge < -0.3 is 11.1 Å². The number of anilines is 1. The lowest BCUT2D eigenvalue weighted by molar-refractivity contribution is 0.653. The summed E-state index contributed by atoms with van der Waals surface area (Å²) < 4.78 is 0. The van der Waals surface area contributed by atoms with Crippen molar-refractivity contribution in [3.05, 3.63) is 29.3 Å². The lowest BCUT2D eigenvalue weighted by Gasteiger charge is -2.26. The SMILES string of the molecule is NC1CCNc2c1cccc2C1CC1. The first-order chi connectivity index (χ1) is 6.86. The van der Waals surface area contributed by atoms with E-state index in [0.29, 0.717) is 0 Å². The van der Waals surface area contributed by atoms with Crippen LogP contribution in [0.5, 0.6) is 0 Å². The molecule has 14 heavy (non-hydrogen) atoms. The zero-order chi connectivity index (χ0) is 9.54. The van der Waals surface area contributed by atoms with Crippen molar-refractivity contribution < 1.29 is 0 Å². The second-order valence-electron chi connectivity index (χ2n) is 4.41. The van der Waals surface area contributed by atoms with Gasteiger partial charge >= 0.3 is 0 Å². The molecule has 1 aromatic rings. The molecule has 2 nitrogen and oxygen atoms in total. The van der Waals surface area contributed by atoms with Crippen molar-refractivity contribution >= 4 is 5.69 Å². The fourth-order valence-corrected chi connectivity index (χ4v) is 2.34. The van der Waals surface area contributed by atoms with Crippen LogP contribution in [0.15, 0.2) is 18.2 Å². The summed E-state index contributed by atoms with van der Waals surface area (Å²) in [7, 11) is 0. The van der Waals surface area contributed by atoms with Gasteiger partial charge in [0.15, 0.2) is 0 Å². The van der Waals surface area contributed by atoms with Crippen LogP contribution in [-0.2, 0) is 0 Å². The Kier molecular flexibility index (Phi) is 1.77. The van der Waals surface area contributed by atoms with Crippen LogP contribution in [0.3, 0.4) is 0 Å². The molecule has 0 amide bonds. The first kappa shape index (κ1) is 8.30. The van der Waals surface area contributed by atoms with Crippen LogP contribution in [0.2, 0.25) is 0 Å². The molecule has 2 aliphatic rings.